The van der Waals surface area contributed by atoms with Gasteiger partial charge in [-0.05, 0) is 42.5 Å². The fourth-order valence-corrected chi connectivity index (χ4v) is 4.32. The second-order valence-corrected chi connectivity index (χ2v) is 8.35. The quantitative estimate of drug-likeness (QED) is 0.812. The molecular weight excluding hydrogens is 348 g/mol. The van der Waals surface area contributed by atoms with E-state index in [0.29, 0.717) is 18.5 Å². The van der Waals surface area contributed by atoms with E-state index in [4.69, 9.17) is 0 Å². The van der Waals surface area contributed by atoms with Crippen LogP contribution in [0.25, 0.3) is 0 Å². The number of carbonyl (C=O) groups excluding carboxylic acids is 1. The van der Waals surface area contributed by atoms with Crippen molar-refractivity contribution in [2.24, 2.45) is 0 Å². The van der Waals surface area contributed by atoms with Crippen molar-refractivity contribution in [3.8, 4) is 0 Å². The number of anilines is 1. The second-order valence-electron chi connectivity index (χ2n) is 6.63. The molecule has 1 N–H and O–H groups in total. The van der Waals surface area contributed by atoms with Crippen LogP contribution >= 0.6 is 0 Å². The molecule has 1 aliphatic heterocycles. The molecular formula is C20H24N2O3S. The third-order valence-corrected chi connectivity index (χ3v) is 5.77. The first kappa shape index (κ1) is 18.5. The summed E-state index contributed by atoms with van der Waals surface area (Å²) in [6.45, 7) is 1.75. The Morgan fingerprint density at radius 1 is 0.923 bits per heavy atom. The number of nitrogens with zero attached hydrogens (tertiary/aromatic N) is 1. The van der Waals surface area contributed by atoms with E-state index < -0.39 is 10.0 Å². The van der Waals surface area contributed by atoms with Crippen LogP contribution < -0.4 is 4.72 Å². The third kappa shape index (κ3) is 5.33. The Bertz CT molecular complexity index is 827. The standard InChI is InChI=1S/C20H24N2O3S/c23-20(22-14-4-5-15-22)13-10-17-8-11-19(12-9-17)21-26(24,25)16-18-6-2-1-3-7-18/h1-3,6-9,11-12,21H,4-5,10,13-16H2. The largest absolute Gasteiger partial charge is 0.343 e. The van der Waals surface area contributed by atoms with Crippen LogP contribution in [0.2, 0.25) is 0 Å². The summed E-state index contributed by atoms with van der Waals surface area (Å²) >= 11 is 0. The lowest BCUT2D eigenvalue weighted by Gasteiger charge is -2.15. The molecule has 0 radical (unpaired) electrons. The Balaban J connectivity index is 1.53. The fourth-order valence-electron chi connectivity index (χ4n) is 3.12. The minimum atomic E-state index is -3.45. The van der Waals surface area contributed by atoms with Crippen molar-refractivity contribution in [2.75, 3.05) is 17.8 Å². The molecule has 5 nitrogen and oxygen atoms in total. The van der Waals surface area contributed by atoms with Gasteiger partial charge in [-0.3, -0.25) is 9.52 Å². The van der Waals surface area contributed by atoms with Crippen LogP contribution in [0.3, 0.4) is 0 Å². The van der Waals surface area contributed by atoms with Crippen LogP contribution in [-0.2, 0) is 27.0 Å². The number of benzene rings is 2. The van der Waals surface area contributed by atoms with Crippen LogP contribution in [-0.4, -0.2) is 32.3 Å². The van der Waals surface area contributed by atoms with Gasteiger partial charge < -0.3 is 4.90 Å². The Hall–Kier alpha value is -2.34. The summed E-state index contributed by atoms with van der Waals surface area (Å²) in [5.41, 5.74) is 2.32. The van der Waals surface area contributed by atoms with Crippen LogP contribution in [0.1, 0.15) is 30.4 Å². The van der Waals surface area contributed by atoms with E-state index in [2.05, 4.69) is 4.72 Å². The molecule has 3 rings (SSSR count). The predicted molar refractivity (Wildman–Crippen MR) is 103 cm³/mol. The van der Waals surface area contributed by atoms with Crippen molar-refractivity contribution in [2.45, 2.75) is 31.4 Å². The Morgan fingerprint density at radius 3 is 2.23 bits per heavy atom. The van der Waals surface area contributed by atoms with E-state index in [0.717, 1.165) is 37.1 Å². The molecule has 1 amide bonds. The summed E-state index contributed by atoms with van der Waals surface area (Å²) in [5.74, 6) is 0.148. The van der Waals surface area contributed by atoms with Crippen molar-refractivity contribution in [1.82, 2.24) is 4.90 Å². The first-order chi connectivity index (χ1) is 12.5. The SMILES string of the molecule is O=C(CCc1ccc(NS(=O)(=O)Cc2ccccc2)cc1)N1CCCC1. The summed E-state index contributed by atoms with van der Waals surface area (Å²) < 4.78 is 27.1. The van der Waals surface area contributed by atoms with Gasteiger partial charge in [0.15, 0.2) is 0 Å². The smallest absolute Gasteiger partial charge is 0.236 e. The van der Waals surface area contributed by atoms with Gasteiger partial charge in [-0.2, -0.15) is 0 Å². The van der Waals surface area contributed by atoms with E-state index in [1.165, 1.54) is 0 Å². The molecule has 26 heavy (non-hydrogen) atoms. The molecule has 0 atom stereocenters. The zero-order valence-corrected chi connectivity index (χ0v) is 15.5. The third-order valence-electron chi connectivity index (χ3n) is 4.51. The van der Waals surface area contributed by atoms with Gasteiger partial charge in [0.25, 0.3) is 0 Å². The maximum atomic E-state index is 12.3. The van der Waals surface area contributed by atoms with Crippen LogP contribution in [0.5, 0.6) is 0 Å². The van der Waals surface area contributed by atoms with E-state index in [1.807, 2.05) is 35.2 Å². The molecule has 0 aromatic heterocycles. The number of sulfonamides is 1. The van der Waals surface area contributed by atoms with Gasteiger partial charge in [-0.25, -0.2) is 8.42 Å². The lowest BCUT2D eigenvalue weighted by molar-refractivity contribution is -0.130. The fraction of sp³-hybridized carbons (Fsp3) is 0.350. The highest BCUT2D eigenvalue weighted by atomic mass is 32.2. The molecule has 0 saturated carbocycles. The molecule has 2 aromatic rings. The number of carbonyl (C=O) groups is 1. The molecule has 138 valence electrons. The van der Waals surface area contributed by atoms with E-state index >= 15 is 0 Å². The highest BCUT2D eigenvalue weighted by molar-refractivity contribution is 7.91. The van der Waals surface area contributed by atoms with Gasteiger partial charge in [0.1, 0.15) is 0 Å². The molecule has 0 aliphatic carbocycles. The number of rotatable bonds is 7. The van der Waals surface area contributed by atoms with Crippen molar-refractivity contribution in [3.05, 3.63) is 65.7 Å². The molecule has 1 heterocycles. The van der Waals surface area contributed by atoms with E-state index in [1.54, 1.807) is 24.3 Å². The average molecular weight is 372 g/mol. The van der Waals surface area contributed by atoms with Gasteiger partial charge in [0.2, 0.25) is 15.9 Å². The molecule has 1 aliphatic rings. The van der Waals surface area contributed by atoms with Crippen LogP contribution in [0.15, 0.2) is 54.6 Å². The Kier molecular flexibility index (Phi) is 5.93. The number of nitrogens with one attached hydrogen (secondary N) is 1. The normalized spacial score (nSPS) is 14.4. The van der Waals surface area contributed by atoms with Crippen molar-refractivity contribution in [3.63, 3.8) is 0 Å². The Labute approximate surface area is 155 Å². The second kappa shape index (κ2) is 8.36. The lowest BCUT2D eigenvalue weighted by atomic mass is 10.1. The summed E-state index contributed by atoms with van der Waals surface area (Å²) in [5, 5.41) is 0. The summed E-state index contributed by atoms with van der Waals surface area (Å²) in [4.78, 5) is 14.0. The van der Waals surface area contributed by atoms with Gasteiger partial charge in [-0.1, -0.05) is 42.5 Å². The zero-order valence-electron chi connectivity index (χ0n) is 14.7. The number of aryl methyl sites for hydroxylation is 1. The molecule has 0 unspecified atom stereocenters. The zero-order chi connectivity index (χ0) is 18.4. The highest BCUT2D eigenvalue weighted by Crippen LogP contribution is 2.16. The van der Waals surface area contributed by atoms with Crippen molar-refractivity contribution < 1.29 is 13.2 Å². The summed E-state index contributed by atoms with van der Waals surface area (Å²) in [6, 6.07) is 16.3. The summed E-state index contributed by atoms with van der Waals surface area (Å²) in [7, 11) is -3.45. The van der Waals surface area contributed by atoms with Gasteiger partial charge >= 0.3 is 0 Å². The minimum absolute atomic E-state index is 0.0556. The predicted octanol–water partition coefficient (Wildman–Crippen LogP) is 3.18. The molecule has 0 bridgehead atoms. The highest BCUT2D eigenvalue weighted by Gasteiger charge is 2.17. The van der Waals surface area contributed by atoms with Crippen molar-refractivity contribution in [1.29, 1.82) is 0 Å². The van der Waals surface area contributed by atoms with E-state index in [-0.39, 0.29) is 11.7 Å². The minimum Gasteiger partial charge on any atom is -0.343 e. The number of hydrogen-bond acceptors (Lipinski definition) is 3. The monoisotopic (exact) mass is 372 g/mol. The number of amides is 1. The maximum absolute atomic E-state index is 12.3. The lowest BCUT2D eigenvalue weighted by Crippen LogP contribution is -2.27. The van der Waals surface area contributed by atoms with Crippen molar-refractivity contribution >= 4 is 21.6 Å². The van der Waals surface area contributed by atoms with Gasteiger partial charge in [0.05, 0.1) is 5.75 Å². The van der Waals surface area contributed by atoms with Crippen LogP contribution in [0.4, 0.5) is 5.69 Å². The topological polar surface area (TPSA) is 66.5 Å². The van der Waals surface area contributed by atoms with E-state index in [9.17, 15) is 13.2 Å². The maximum Gasteiger partial charge on any atom is 0.236 e. The molecule has 1 fully saturated rings. The molecule has 6 heteroatoms. The van der Waals surface area contributed by atoms with Crippen LogP contribution in [0, 0.1) is 0 Å². The first-order valence-corrected chi connectivity index (χ1v) is 10.6. The molecule has 1 saturated heterocycles. The van der Waals surface area contributed by atoms with Gasteiger partial charge in [-0.15, -0.1) is 0 Å². The Morgan fingerprint density at radius 2 is 1.58 bits per heavy atom. The number of hydrogen-bond donors (Lipinski definition) is 1. The summed E-state index contributed by atoms with van der Waals surface area (Å²) in [6.07, 6.45) is 3.37. The molecule has 2 aromatic carbocycles. The number of likely N-dealkylation sites (tertiary alicyclic amines) is 1. The molecule has 0 spiro atoms. The average Bonchev–Trinajstić information content (AvgIpc) is 3.16. The van der Waals surface area contributed by atoms with Gasteiger partial charge in [0, 0.05) is 25.2 Å². The first-order valence-electron chi connectivity index (χ1n) is 8.93.